The number of carboxylic acid groups (broad SMARTS) is 1. The normalized spacial score (nSPS) is 11.5. The molecule has 0 radical (unpaired) electrons. The Morgan fingerprint density at radius 3 is 1.43 bits per heavy atom. The lowest BCUT2D eigenvalue weighted by Crippen LogP contribution is -3.00. The molecular weight excluding hydrogens is 469 g/mol. The van der Waals surface area contributed by atoms with Crippen molar-refractivity contribution in [1.29, 1.82) is 0 Å². The maximum absolute atomic E-state index is 13.5. The van der Waals surface area contributed by atoms with Gasteiger partial charge < -0.3 is 22.1 Å². The van der Waals surface area contributed by atoms with Gasteiger partial charge in [0.2, 0.25) is 0 Å². The second kappa shape index (κ2) is 10.8. The number of hydrogen-bond acceptors (Lipinski definition) is 1. The fourth-order valence-corrected chi connectivity index (χ4v) is 8.10. The Balaban J connectivity index is 0.00000320. The van der Waals surface area contributed by atoms with Crippen LogP contribution < -0.4 is 32.9 Å². The zero-order chi connectivity index (χ0) is 20.7. The second-order valence-electron chi connectivity index (χ2n) is 7.01. The summed E-state index contributed by atoms with van der Waals surface area (Å²) in [5, 5.41) is 12.3. The van der Waals surface area contributed by atoms with E-state index < -0.39 is 25.6 Å². The minimum absolute atomic E-state index is 0. The Labute approximate surface area is 187 Å². The maximum atomic E-state index is 13.5. The lowest BCUT2D eigenvalue weighted by atomic mass is 10.1. The lowest BCUT2D eigenvalue weighted by molar-refractivity contribution is -0.165. The summed E-state index contributed by atoms with van der Waals surface area (Å²) >= 11 is 0. The fourth-order valence-electron chi connectivity index (χ4n) is 3.68. The summed E-state index contributed by atoms with van der Waals surface area (Å²) in [5.41, 5.74) is 0. The Hall–Kier alpha value is -2.10. The predicted octanol–water partition coefficient (Wildman–Crippen LogP) is 1.87. The van der Waals surface area contributed by atoms with Crippen molar-refractivity contribution < 1.29 is 35.7 Å². The highest BCUT2D eigenvalue weighted by Crippen LogP contribution is 2.56. The molecule has 0 fully saturated rings. The molecule has 0 amide bonds. The third-order valence-electron chi connectivity index (χ3n) is 5.14. The van der Waals surface area contributed by atoms with Crippen LogP contribution in [0.2, 0.25) is 0 Å². The molecule has 0 spiro atoms. The molecule has 2 nitrogen and oxygen atoms in total. The molecule has 0 saturated heterocycles. The second-order valence-corrected chi connectivity index (χ2v) is 10.6. The van der Waals surface area contributed by atoms with Crippen molar-refractivity contribution in [1.82, 2.24) is 0 Å². The van der Waals surface area contributed by atoms with Crippen LogP contribution in [0, 0.1) is 0 Å². The summed E-state index contributed by atoms with van der Waals surface area (Å²) in [6.45, 7) is 0. The summed E-state index contributed by atoms with van der Waals surface area (Å²) in [6.07, 6.45) is 0.754. The van der Waals surface area contributed by atoms with Gasteiger partial charge in [0.25, 0.3) is 0 Å². The summed E-state index contributed by atoms with van der Waals surface area (Å²) in [7, 11) is -2.05. The van der Waals surface area contributed by atoms with Crippen LogP contribution in [-0.2, 0) is 4.79 Å². The number of rotatable bonds is 9. The van der Waals surface area contributed by atoms with Gasteiger partial charge in [0.1, 0.15) is 23.2 Å². The number of hydrogen-bond donors (Lipinski definition) is 1. The number of halogens is 3. The summed E-state index contributed by atoms with van der Waals surface area (Å²) in [4.78, 5) is 10.7. The van der Waals surface area contributed by atoms with E-state index in [9.17, 15) is 13.6 Å². The Kier molecular flexibility index (Phi) is 8.69. The van der Waals surface area contributed by atoms with Crippen molar-refractivity contribution >= 4 is 29.1 Å². The van der Waals surface area contributed by atoms with Crippen molar-refractivity contribution in [2.45, 2.75) is 25.2 Å². The van der Waals surface area contributed by atoms with Crippen molar-refractivity contribution in [2.24, 2.45) is 0 Å². The van der Waals surface area contributed by atoms with E-state index in [0.29, 0.717) is 12.6 Å². The van der Waals surface area contributed by atoms with E-state index in [-0.39, 0.29) is 23.4 Å². The SMILES string of the molecule is O=C(O)C(F)(F)CCCC[P+](c1ccccc1)(c1ccccc1)c1ccccc1.[Br-]. The first-order valence-corrected chi connectivity index (χ1v) is 11.6. The van der Waals surface area contributed by atoms with Crippen LogP contribution in [0.3, 0.4) is 0 Å². The number of carboxylic acids is 1. The summed E-state index contributed by atoms with van der Waals surface area (Å²) < 4.78 is 27.1. The van der Waals surface area contributed by atoms with Crippen molar-refractivity contribution in [2.75, 3.05) is 6.16 Å². The van der Waals surface area contributed by atoms with Gasteiger partial charge in [-0.05, 0) is 49.2 Å². The first-order chi connectivity index (χ1) is 14.0. The highest BCUT2D eigenvalue weighted by atomic mass is 79.9. The van der Waals surface area contributed by atoms with Crippen LogP contribution in [-0.4, -0.2) is 23.2 Å². The van der Waals surface area contributed by atoms with Crippen LogP contribution in [0.25, 0.3) is 0 Å². The van der Waals surface area contributed by atoms with E-state index in [1.807, 2.05) is 54.6 Å². The molecule has 0 aliphatic heterocycles. The standard InChI is InChI=1S/C24H23F2O2P.BrH/c25-24(26,23(27)28)18-10-11-19-29(20-12-4-1-5-13-20,21-14-6-2-7-15-21)22-16-8-3-9-17-22;/h1-9,12-17H,10-11,18-19H2;1H. The molecule has 3 aromatic carbocycles. The highest BCUT2D eigenvalue weighted by Gasteiger charge is 2.45. The number of carbonyl (C=O) groups is 1. The maximum Gasteiger partial charge on any atom is 0.374 e. The van der Waals surface area contributed by atoms with Gasteiger partial charge in [0.05, 0.1) is 6.16 Å². The average molecular weight is 493 g/mol. The number of benzene rings is 3. The van der Waals surface area contributed by atoms with Gasteiger partial charge in [-0.2, -0.15) is 8.78 Å². The molecule has 0 bridgehead atoms. The summed E-state index contributed by atoms with van der Waals surface area (Å²) in [5.74, 6) is -5.72. The van der Waals surface area contributed by atoms with Crippen LogP contribution in [0.1, 0.15) is 19.3 Å². The van der Waals surface area contributed by atoms with E-state index in [1.54, 1.807) is 0 Å². The number of aliphatic carboxylic acids is 1. The number of unbranched alkanes of at least 4 members (excludes halogenated alkanes) is 1. The van der Waals surface area contributed by atoms with E-state index in [1.165, 1.54) is 15.9 Å². The van der Waals surface area contributed by atoms with E-state index in [0.717, 1.165) is 0 Å². The minimum atomic E-state index is -3.67. The molecule has 0 aromatic heterocycles. The fraction of sp³-hybridized carbons (Fsp3) is 0.208. The molecule has 6 heteroatoms. The van der Waals surface area contributed by atoms with Crippen LogP contribution in [0.5, 0.6) is 0 Å². The molecule has 3 rings (SSSR count). The quantitative estimate of drug-likeness (QED) is 0.365. The third kappa shape index (κ3) is 5.33. The van der Waals surface area contributed by atoms with Crippen LogP contribution in [0.4, 0.5) is 8.78 Å². The first-order valence-electron chi connectivity index (χ1n) is 9.63. The molecule has 30 heavy (non-hydrogen) atoms. The molecule has 0 unspecified atom stereocenters. The zero-order valence-electron chi connectivity index (χ0n) is 16.4. The topological polar surface area (TPSA) is 37.3 Å². The molecule has 0 atom stereocenters. The molecule has 3 aromatic rings. The largest absolute Gasteiger partial charge is 1.00 e. The molecule has 1 N–H and O–H groups in total. The first kappa shape index (κ1) is 24.2. The van der Waals surface area contributed by atoms with Crippen molar-refractivity contribution in [3.8, 4) is 0 Å². The highest BCUT2D eigenvalue weighted by molar-refractivity contribution is 7.95. The van der Waals surface area contributed by atoms with Crippen molar-refractivity contribution in [3.05, 3.63) is 91.0 Å². The van der Waals surface area contributed by atoms with Crippen molar-refractivity contribution in [3.63, 3.8) is 0 Å². The number of alkyl halides is 2. The Morgan fingerprint density at radius 1 is 0.733 bits per heavy atom. The Bertz CT molecular complexity index is 825. The molecule has 0 heterocycles. The van der Waals surface area contributed by atoms with E-state index >= 15 is 0 Å². The van der Waals surface area contributed by atoms with E-state index in [4.69, 9.17) is 5.11 Å². The minimum Gasteiger partial charge on any atom is -1.00 e. The van der Waals surface area contributed by atoms with Crippen LogP contribution in [0.15, 0.2) is 91.0 Å². The molecule has 158 valence electrons. The van der Waals surface area contributed by atoms with Gasteiger partial charge in [0, 0.05) is 6.42 Å². The average Bonchev–Trinajstić information content (AvgIpc) is 2.76. The van der Waals surface area contributed by atoms with Gasteiger partial charge in [-0.1, -0.05) is 54.6 Å². The third-order valence-corrected chi connectivity index (χ3v) is 9.66. The van der Waals surface area contributed by atoms with Gasteiger partial charge in [-0.25, -0.2) is 4.79 Å². The van der Waals surface area contributed by atoms with E-state index in [2.05, 4.69) is 36.4 Å². The van der Waals surface area contributed by atoms with Gasteiger partial charge in [-0.3, -0.25) is 0 Å². The zero-order valence-corrected chi connectivity index (χ0v) is 18.9. The van der Waals surface area contributed by atoms with Gasteiger partial charge >= 0.3 is 11.9 Å². The van der Waals surface area contributed by atoms with Gasteiger partial charge in [0.15, 0.2) is 0 Å². The molecule has 0 saturated carbocycles. The summed E-state index contributed by atoms with van der Waals surface area (Å²) in [6, 6.07) is 30.6. The molecule has 0 aliphatic rings. The predicted molar refractivity (Wildman–Crippen MR) is 116 cm³/mol. The van der Waals surface area contributed by atoms with Gasteiger partial charge in [-0.15, -0.1) is 0 Å². The lowest BCUT2D eigenvalue weighted by Gasteiger charge is -2.28. The smallest absolute Gasteiger partial charge is 0.374 e. The Morgan fingerprint density at radius 2 is 1.10 bits per heavy atom. The molecule has 0 aliphatic carbocycles. The molecular formula is C24H24BrF2O2P. The van der Waals surface area contributed by atoms with Crippen LogP contribution >= 0.6 is 7.26 Å². The monoisotopic (exact) mass is 492 g/mol.